The van der Waals surface area contributed by atoms with Crippen molar-refractivity contribution in [3.8, 4) is 0 Å². The van der Waals surface area contributed by atoms with Crippen molar-refractivity contribution in [2.45, 2.75) is 37.8 Å². The summed E-state index contributed by atoms with van der Waals surface area (Å²) >= 11 is 1.61. The van der Waals surface area contributed by atoms with Crippen LogP contribution in [-0.2, 0) is 0 Å². The summed E-state index contributed by atoms with van der Waals surface area (Å²) in [5.41, 5.74) is -3.81. The Morgan fingerprint density at radius 2 is 1.44 bits per heavy atom. The van der Waals surface area contributed by atoms with E-state index in [1.54, 1.807) is 22.6 Å². The van der Waals surface area contributed by atoms with Gasteiger partial charge in [-0.25, -0.2) is 4.39 Å². The molecule has 0 aromatic heterocycles. The molecule has 2 unspecified atom stereocenters. The number of halogens is 8. The van der Waals surface area contributed by atoms with Crippen LogP contribution in [0.4, 0.5) is 30.7 Å². The van der Waals surface area contributed by atoms with E-state index in [0.29, 0.717) is 0 Å². The topological polar surface area (TPSA) is 0 Å². The van der Waals surface area contributed by atoms with Crippen LogP contribution >= 0.6 is 22.6 Å². The quantitative estimate of drug-likeness (QED) is 0.385. The molecule has 98 valence electrons. The van der Waals surface area contributed by atoms with Gasteiger partial charge in [0.2, 0.25) is 5.67 Å². The van der Waals surface area contributed by atoms with E-state index in [-0.39, 0.29) is 11.4 Å². The third-order valence-corrected chi connectivity index (χ3v) is 2.76. The highest BCUT2D eigenvalue weighted by molar-refractivity contribution is 14.1. The molecule has 0 fully saturated rings. The van der Waals surface area contributed by atoms with E-state index in [9.17, 15) is 30.7 Å². The lowest BCUT2D eigenvalue weighted by atomic mass is 9.90. The largest absolute Gasteiger partial charge is 0.422 e. The van der Waals surface area contributed by atoms with Crippen molar-refractivity contribution in [3.63, 3.8) is 0 Å². The highest BCUT2D eigenvalue weighted by Gasteiger charge is 2.56. The predicted octanol–water partition coefficient (Wildman–Crippen LogP) is 4.67. The second kappa shape index (κ2) is 5.26. The van der Waals surface area contributed by atoms with Crippen molar-refractivity contribution in [3.05, 3.63) is 0 Å². The summed E-state index contributed by atoms with van der Waals surface area (Å²) in [6, 6.07) is 0. The highest BCUT2D eigenvalue weighted by atomic mass is 127. The van der Waals surface area contributed by atoms with Crippen molar-refractivity contribution in [2.24, 2.45) is 5.92 Å². The summed E-state index contributed by atoms with van der Waals surface area (Å²) in [6.07, 6.45) is -12.2. The molecule has 0 aliphatic rings. The maximum absolute atomic E-state index is 13.1. The van der Waals surface area contributed by atoms with E-state index in [4.69, 9.17) is 0 Å². The minimum atomic E-state index is -5.28. The molecule has 0 aromatic carbocycles. The zero-order valence-electron chi connectivity index (χ0n) is 8.22. The molecule has 0 saturated carbocycles. The number of rotatable bonds is 4. The molecule has 0 N–H and O–H groups in total. The van der Waals surface area contributed by atoms with Crippen LogP contribution in [0.5, 0.6) is 0 Å². The Morgan fingerprint density at radius 1 is 1.00 bits per heavy atom. The fourth-order valence-electron chi connectivity index (χ4n) is 1.09. The van der Waals surface area contributed by atoms with Crippen LogP contribution in [-0.4, -0.2) is 22.4 Å². The SMILES string of the molecule is CC(F)(CC(CCI)C(F)(F)F)C(F)(F)F. The minimum Gasteiger partial charge on any atom is -0.234 e. The van der Waals surface area contributed by atoms with Crippen LogP contribution in [0.15, 0.2) is 0 Å². The lowest BCUT2D eigenvalue weighted by Crippen LogP contribution is -2.42. The first-order chi connectivity index (χ1) is 6.92. The van der Waals surface area contributed by atoms with E-state index in [1.807, 2.05) is 0 Å². The van der Waals surface area contributed by atoms with Crippen LogP contribution in [0, 0.1) is 5.92 Å². The van der Waals surface area contributed by atoms with Gasteiger partial charge in [0.1, 0.15) is 0 Å². The van der Waals surface area contributed by atoms with Gasteiger partial charge in [0.25, 0.3) is 0 Å². The molecule has 0 aromatic rings. The average molecular weight is 366 g/mol. The second-order valence-corrected chi connectivity index (χ2v) is 4.69. The molecular weight excluding hydrogens is 356 g/mol. The Labute approximate surface area is 102 Å². The lowest BCUT2D eigenvalue weighted by molar-refractivity contribution is -0.248. The van der Waals surface area contributed by atoms with E-state index in [1.165, 1.54) is 0 Å². The smallest absolute Gasteiger partial charge is 0.234 e. The molecule has 0 radical (unpaired) electrons. The van der Waals surface area contributed by atoms with Gasteiger partial charge < -0.3 is 0 Å². The molecule has 8 heteroatoms. The summed E-state index contributed by atoms with van der Waals surface area (Å²) in [5.74, 6) is -2.26. The molecule has 0 saturated heterocycles. The number of hydrogen-bond acceptors (Lipinski definition) is 0. The highest BCUT2D eigenvalue weighted by Crippen LogP contribution is 2.43. The van der Waals surface area contributed by atoms with Gasteiger partial charge in [0.05, 0.1) is 5.92 Å². The molecule has 0 aliphatic carbocycles. The van der Waals surface area contributed by atoms with Crippen molar-refractivity contribution in [1.29, 1.82) is 0 Å². The molecule has 0 spiro atoms. The third-order valence-electron chi connectivity index (χ3n) is 2.14. The summed E-state index contributed by atoms with van der Waals surface area (Å²) in [6.45, 7) is 0.138. The van der Waals surface area contributed by atoms with E-state index in [2.05, 4.69) is 0 Å². The van der Waals surface area contributed by atoms with Gasteiger partial charge in [0, 0.05) is 10.8 Å². The van der Waals surface area contributed by atoms with Gasteiger partial charge in [-0.1, -0.05) is 22.6 Å². The maximum Gasteiger partial charge on any atom is 0.422 e. The Hall–Kier alpha value is 0.240. The van der Waals surface area contributed by atoms with Gasteiger partial charge in [-0.2, -0.15) is 26.3 Å². The number of hydrogen-bond donors (Lipinski definition) is 0. The minimum absolute atomic E-state index is 0.0237. The lowest BCUT2D eigenvalue weighted by Gasteiger charge is -2.29. The van der Waals surface area contributed by atoms with Crippen LogP contribution in [0.25, 0.3) is 0 Å². The van der Waals surface area contributed by atoms with Crippen LogP contribution < -0.4 is 0 Å². The monoisotopic (exact) mass is 366 g/mol. The molecule has 16 heavy (non-hydrogen) atoms. The number of alkyl halides is 8. The fraction of sp³-hybridized carbons (Fsp3) is 1.00. The maximum atomic E-state index is 13.1. The van der Waals surface area contributed by atoms with Gasteiger partial charge >= 0.3 is 12.4 Å². The summed E-state index contributed by atoms with van der Waals surface area (Å²) in [7, 11) is 0. The van der Waals surface area contributed by atoms with Crippen molar-refractivity contribution in [2.75, 3.05) is 4.43 Å². The van der Waals surface area contributed by atoms with Crippen molar-refractivity contribution < 1.29 is 30.7 Å². The molecular formula is C8H10F7I. The van der Waals surface area contributed by atoms with Crippen LogP contribution in [0.3, 0.4) is 0 Å². The first-order valence-corrected chi connectivity index (χ1v) is 5.82. The van der Waals surface area contributed by atoms with Gasteiger partial charge in [-0.15, -0.1) is 0 Å². The molecule has 0 amide bonds. The Kier molecular flexibility index (Phi) is 5.34. The zero-order valence-corrected chi connectivity index (χ0v) is 10.4. The van der Waals surface area contributed by atoms with Gasteiger partial charge in [-0.05, 0) is 13.3 Å². The molecule has 0 nitrogen and oxygen atoms in total. The molecule has 0 aliphatic heterocycles. The normalized spacial score (nSPS) is 19.3. The van der Waals surface area contributed by atoms with Gasteiger partial charge in [-0.3, -0.25) is 0 Å². The van der Waals surface area contributed by atoms with Crippen molar-refractivity contribution >= 4 is 22.6 Å². The first-order valence-electron chi connectivity index (χ1n) is 4.30. The van der Waals surface area contributed by atoms with Crippen LogP contribution in [0.2, 0.25) is 0 Å². The molecule has 0 rings (SSSR count). The van der Waals surface area contributed by atoms with E-state index < -0.39 is 36.8 Å². The van der Waals surface area contributed by atoms with Gasteiger partial charge in [0.15, 0.2) is 0 Å². The Bertz CT molecular complexity index is 217. The molecule has 0 heterocycles. The molecule has 0 bridgehead atoms. The summed E-state index contributed by atoms with van der Waals surface area (Å²) in [4.78, 5) is 0. The standard InChI is InChI=1S/C8H10F7I/c1-6(9,8(13,14)15)4-5(2-3-16)7(10,11)12/h5H,2-4H2,1H3. The fourth-order valence-corrected chi connectivity index (χ4v) is 1.84. The Morgan fingerprint density at radius 3 is 1.69 bits per heavy atom. The Balaban J connectivity index is 4.76. The zero-order chi connectivity index (χ0) is 13.2. The van der Waals surface area contributed by atoms with Crippen molar-refractivity contribution in [1.82, 2.24) is 0 Å². The average Bonchev–Trinajstić information content (AvgIpc) is 1.99. The first kappa shape index (κ1) is 16.2. The third kappa shape index (κ3) is 4.62. The molecule has 2 atom stereocenters. The summed E-state index contributed by atoms with van der Waals surface area (Å²) in [5, 5.41) is 0. The second-order valence-electron chi connectivity index (χ2n) is 3.62. The van der Waals surface area contributed by atoms with E-state index >= 15 is 0 Å². The predicted molar refractivity (Wildman–Crippen MR) is 53.2 cm³/mol. The van der Waals surface area contributed by atoms with E-state index in [0.717, 1.165) is 0 Å². The summed E-state index contributed by atoms with van der Waals surface area (Å²) < 4.78 is 86.2. The van der Waals surface area contributed by atoms with Crippen LogP contribution in [0.1, 0.15) is 19.8 Å².